The predicted molar refractivity (Wildman–Crippen MR) is 102 cm³/mol. The molecule has 0 spiro atoms. The van der Waals surface area contributed by atoms with Crippen molar-refractivity contribution in [2.45, 2.75) is 30.6 Å². The highest BCUT2D eigenvalue weighted by molar-refractivity contribution is 7.88. The van der Waals surface area contributed by atoms with E-state index in [4.69, 9.17) is 16.3 Å². The zero-order valence-corrected chi connectivity index (χ0v) is 16.1. The smallest absolute Gasteiger partial charge is 0.215 e. The van der Waals surface area contributed by atoms with Gasteiger partial charge in [0.15, 0.2) is 0 Å². The maximum atomic E-state index is 12.4. The van der Waals surface area contributed by atoms with Crippen LogP contribution in [0.15, 0.2) is 42.5 Å². The van der Waals surface area contributed by atoms with Gasteiger partial charge in [-0.1, -0.05) is 29.8 Å². The van der Waals surface area contributed by atoms with Crippen LogP contribution in [0.4, 0.5) is 0 Å². The lowest BCUT2D eigenvalue weighted by molar-refractivity contribution is 0.0242. The van der Waals surface area contributed by atoms with Crippen molar-refractivity contribution in [3.63, 3.8) is 0 Å². The number of ether oxygens (including phenoxy) is 1. The summed E-state index contributed by atoms with van der Waals surface area (Å²) in [4.78, 5) is 0. The maximum absolute atomic E-state index is 12.4. The van der Waals surface area contributed by atoms with Crippen LogP contribution in [0.1, 0.15) is 29.5 Å². The van der Waals surface area contributed by atoms with E-state index in [1.54, 1.807) is 37.4 Å². The van der Waals surface area contributed by atoms with Crippen molar-refractivity contribution in [2.24, 2.45) is 0 Å². The van der Waals surface area contributed by atoms with Crippen LogP contribution < -0.4 is 9.46 Å². The topological polar surface area (TPSA) is 75.6 Å². The number of nitrogens with one attached hydrogen (secondary N) is 1. The van der Waals surface area contributed by atoms with Crippen LogP contribution in [0.5, 0.6) is 5.75 Å². The van der Waals surface area contributed by atoms with Crippen molar-refractivity contribution in [1.29, 1.82) is 0 Å². The van der Waals surface area contributed by atoms with Crippen molar-refractivity contribution < 1.29 is 18.3 Å². The normalized spacial score (nSPS) is 19.8. The van der Waals surface area contributed by atoms with Gasteiger partial charge in [0.25, 0.3) is 0 Å². The highest BCUT2D eigenvalue weighted by Crippen LogP contribution is 2.36. The minimum Gasteiger partial charge on any atom is -0.497 e. The van der Waals surface area contributed by atoms with Gasteiger partial charge in [0, 0.05) is 11.6 Å². The lowest BCUT2D eigenvalue weighted by Crippen LogP contribution is -2.43. The Kier molecular flexibility index (Phi) is 5.58. The van der Waals surface area contributed by atoms with Gasteiger partial charge < -0.3 is 9.84 Å². The van der Waals surface area contributed by atoms with Crippen LogP contribution in [0.3, 0.4) is 0 Å². The first-order chi connectivity index (χ1) is 12.3. The first-order valence-corrected chi connectivity index (χ1v) is 10.5. The molecule has 2 aromatic rings. The largest absolute Gasteiger partial charge is 0.497 e. The number of halogens is 1. The molecule has 26 heavy (non-hydrogen) atoms. The average molecular weight is 396 g/mol. The molecule has 1 aliphatic carbocycles. The Morgan fingerprint density at radius 1 is 1.23 bits per heavy atom. The number of sulfonamides is 1. The summed E-state index contributed by atoms with van der Waals surface area (Å²) in [5.41, 5.74) is 1.18. The van der Waals surface area contributed by atoms with Gasteiger partial charge in [-0.05, 0) is 60.2 Å². The zero-order chi connectivity index (χ0) is 18.8. The van der Waals surface area contributed by atoms with E-state index in [-0.39, 0.29) is 12.3 Å². The first kappa shape index (κ1) is 19.2. The second-order valence-electron chi connectivity index (χ2n) is 6.61. The quantitative estimate of drug-likeness (QED) is 0.788. The van der Waals surface area contributed by atoms with Crippen molar-refractivity contribution >= 4 is 21.6 Å². The van der Waals surface area contributed by atoms with Gasteiger partial charge in [-0.15, -0.1) is 0 Å². The minimum absolute atomic E-state index is 0.0533. The number of hydrogen-bond acceptors (Lipinski definition) is 4. The number of rotatable bonds is 6. The summed E-state index contributed by atoms with van der Waals surface area (Å²) in [7, 11) is -1.98. The Hall–Kier alpha value is -1.60. The summed E-state index contributed by atoms with van der Waals surface area (Å²) < 4.78 is 32.6. The molecular formula is C19H22ClNO4S. The molecule has 3 rings (SSSR count). The summed E-state index contributed by atoms with van der Waals surface area (Å²) in [6, 6.07) is 12.2. The molecule has 0 heterocycles. The van der Waals surface area contributed by atoms with Crippen LogP contribution in [0.2, 0.25) is 5.02 Å². The number of aliphatic hydroxyl groups is 1. The number of hydrogen-bond donors (Lipinski definition) is 2. The van der Waals surface area contributed by atoms with Gasteiger partial charge in [-0.2, -0.15) is 0 Å². The Bertz CT molecular complexity index is 883. The van der Waals surface area contributed by atoms with Crippen LogP contribution in [0, 0.1) is 0 Å². The summed E-state index contributed by atoms with van der Waals surface area (Å²) >= 11 is 5.83. The van der Waals surface area contributed by atoms with Crippen LogP contribution >= 0.6 is 11.6 Å². The molecule has 5 nitrogen and oxygen atoms in total. The van der Waals surface area contributed by atoms with E-state index in [0.29, 0.717) is 17.0 Å². The van der Waals surface area contributed by atoms with E-state index in [1.807, 2.05) is 12.1 Å². The van der Waals surface area contributed by atoms with E-state index in [0.717, 1.165) is 29.7 Å². The van der Waals surface area contributed by atoms with E-state index >= 15 is 0 Å². The standard InChI is InChI=1S/C19H22ClNO4S/c1-25-17-8-9-18-15(11-17)3-2-10-19(18,22)13-21-26(23,24)12-14-4-6-16(20)7-5-14/h4-9,11,21-22H,2-3,10,12-13H2,1H3. The molecule has 0 amide bonds. The SMILES string of the molecule is COc1ccc2c(c1)CCCC2(O)CNS(=O)(=O)Cc1ccc(Cl)cc1. The summed E-state index contributed by atoms with van der Waals surface area (Å²) in [5.74, 6) is 0.576. The minimum atomic E-state index is -3.58. The molecule has 2 N–H and O–H groups in total. The molecule has 7 heteroatoms. The van der Waals surface area contributed by atoms with Crippen LogP contribution in [-0.4, -0.2) is 27.2 Å². The fourth-order valence-corrected chi connectivity index (χ4v) is 4.65. The van der Waals surface area contributed by atoms with Crippen LogP contribution in [-0.2, 0) is 27.8 Å². The van der Waals surface area contributed by atoms with Crippen molar-refractivity contribution in [3.05, 3.63) is 64.2 Å². The molecule has 1 atom stereocenters. The lowest BCUT2D eigenvalue weighted by Gasteiger charge is -2.34. The number of fused-ring (bicyclic) bond motifs is 1. The van der Waals surface area contributed by atoms with Gasteiger partial charge in [-0.25, -0.2) is 13.1 Å². The van der Waals surface area contributed by atoms with E-state index in [1.165, 1.54) is 0 Å². The fraction of sp³-hybridized carbons (Fsp3) is 0.368. The molecule has 0 fully saturated rings. The molecule has 1 unspecified atom stereocenters. The number of aryl methyl sites for hydroxylation is 1. The third-order valence-electron chi connectivity index (χ3n) is 4.70. The van der Waals surface area contributed by atoms with Gasteiger partial charge in [-0.3, -0.25) is 0 Å². The Morgan fingerprint density at radius 3 is 2.65 bits per heavy atom. The monoisotopic (exact) mass is 395 g/mol. The van der Waals surface area contributed by atoms with Gasteiger partial charge in [0.1, 0.15) is 11.4 Å². The molecular weight excluding hydrogens is 374 g/mol. The Morgan fingerprint density at radius 2 is 1.96 bits per heavy atom. The molecule has 0 aliphatic heterocycles. The van der Waals surface area contributed by atoms with Gasteiger partial charge in [0.05, 0.1) is 12.9 Å². The number of methoxy groups -OCH3 is 1. The molecule has 0 aromatic heterocycles. The fourth-order valence-electron chi connectivity index (χ4n) is 3.33. The Labute approximate surface area is 159 Å². The lowest BCUT2D eigenvalue weighted by atomic mass is 9.79. The highest BCUT2D eigenvalue weighted by Gasteiger charge is 2.35. The molecule has 2 aromatic carbocycles. The van der Waals surface area contributed by atoms with Crippen molar-refractivity contribution in [1.82, 2.24) is 4.72 Å². The van der Waals surface area contributed by atoms with Crippen molar-refractivity contribution in [2.75, 3.05) is 13.7 Å². The van der Waals surface area contributed by atoms with E-state index in [9.17, 15) is 13.5 Å². The molecule has 0 saturated heterocycles. The second kappa shape index (κ2) is 7.56. The third-order valence-corrected chi connectivity index (χ3v) is 6.25. The second-order valence-corrected chi connectivity index (χ2v) is 8.86. The zero-order valence-electron chi connectivity index (χ0n) is 14.5. The van der Waals surface area contributed by atoms with Crippen molar-refractivity contribution in [3.8, 4) is 5.75 Å². The Balaban J connectivity index is 1.73. The summed E-state index contributed by atoms with van der Waals surface area (Å²) in [6.45, 7) is -0.0533. The first-order valence-electron chi connectivity index (χ1n) is 8.43. The molecule has 0 saturated carbocycles. The summed E-state index contributed by atoms with van der Waals surface area (Å²) in [6.07, 6.45) is 2.14. The molecule has 0 radical (unpaired) electrons. The van der Waals surface area contributed by atoms with E-state index < -0.39 is 15.6 Å². The molecule has 140 valence electrons. The van der Waals surface area contributed by atoms with E-state index in [2.05, 4.69) is 4.72 Å². The number of benzene rings is 2. The third kappa shape index (κ3) is 4.38. The highest BCUT2D eigenvalue weighted by atomic mass is 35.5. The van der Waals surface area contributed by atoms with Crippen LogP contribution in [0.25, 0.3) is 0 Å². The molecule has 0 bridgehead atoms. The average Bonchev–Trinajstić information content (AvgIpc) is 2.62. The van der Waals surface area contributed by atoms with Gasteiger partial charge in [0.2, 0.25) is 10.0 Å². The van der Waals surface area contributed by atoms with Gasteiger partial charge >= 0.3 is 0 Å². The predicted octanol–water partition coefficient (Wildman–Crippen LogP) is 2.99. The maximum Gasteiger partial charge on any atom is 0.215 e. The summed E-state index contributed by atoms with van der Waals surface area (Å²) in [5, 5.41) is 11.6. The molecule has 1 aliphatic rings.